The molecule has 0 bridgehead atoms. The van der Waals surface area contributed by atoms with Crippen LogP contribution in [0.15, 0.2) is 18.2 Å². The summed E-state index contributed by atoms with van der Waals surface area (Å²) in [4.78, 5) is 4.76. The predicted molar refractivity (Wildman–Crippen MR) is 82.0 cm³/mol. The summed E-state index contributed by atoms with van der Waals surface area (Å²) in [5, 5.41) is 4.18. The fraction of sp³-hybridized carbons (Fsp3) is 0.533. The standard InChI is InChI=1S/C15H22ClN3/c1-5-17-11(4)8-15-18-13-9-12(16)6-7-14(13)19(15)10(2)3/h6-7,9-11,17H,5,8H2,1-4H3. The highest BCUT2D eigenvalue weighted by Gasteiger charge is 2.15. The van der Waals surface area contributed by atoms with Gasteiger partial charge in [-0.05, 0) is 45.5 Å². The van der Waals surface area contributed by atoms with Crippen LogP contribution in [0, 0.1) is 0 Å². The number of halogens is 1. The van der Waals surface area contributed by atoms with Crippen LogP contribution in [0.25, 0.3) is 11.0 Å². The number of hydrogen-bond donors (Lipinski definition) is 1. The normalized spacial score (nSPS) is 13.4. The van der Waals surface area contributed by atoms with Crippen LogP contribution in [0.2, 0.25) is 5.02 Å². The minimum Gasteiger partial charge on any atom is -0.325 e. The summed E-state index contributed by atoms with van der Waals surface area (Å²) in [5.41, 5.74) is 2.15. The van der Waals surface area contributed by atoms with Crippen LogP contribution in [-0.2, 0) is 6.42 Å². The third kappa shape index (κ3) is 3.10. The summed E-state index contributed by atoms with van der Waals surface area (Å²) in [7, 11) is 0. The summed E-state index contributed by atoms with van der Waals surface area (Å²) < 4.78 is 2.31. The highest BCUT2D eigenvalue weighted by Crippen LogP contribution is 2.24. The zero-order chi connectivity index (χ0) is 14.0. The van der Waals surface area contributed by atoms with E-state index < -0.39 is 0 Å². The number of benzene rings is 1. The summed E-state index contributed by atoms with van der Waals surface area (Å²) in [6.45, 7) is 9.69. The molecule has 1 aromatic carbocycles. The average Bonchev–Trinajstić information content (AvgIpc) is 2.65. The van der Waals surface area contributed by atoms with Gasteiger partial charge in [0, 0.05) is 23.5 Å². The minimum atomic E-state index is 0.398. The first-order valence-corrected chi connectivity index (χ1v) is 7.30. The van der Waals surface area contributed by atoms with Crippen LogP contribution in [0.1, 0.15) is 39.6 Å². The van der Waals surface area contributed by atoms with Crippen molar-refractivity contribution in [3.05, 3.63) is 29.0 Å². The van der Waals surface area contributed by atoms with Crippen LogP contribution >= 0.6 is 11.6 Å². The molecule has 0 saturated heterocycles. The Kier molecular flexibility index (Phi) is 4.48. The van der Waals surface area contributed by atoms with Crippen LogP contribution in [0.3, 0.4) is 0 Å². The molecule has 2 rings (SSSR count). The molecule has 3 nitrogen and oxygen atoms in total. The first-order chi connectivity index (χ1) is 9.02. The van der Waals surface area contributed by atoms with Crippen molar-refractivity contribution in [1.29, 1.82) is 0 Å². The van der Waals surface area contributed by atoms with E-state index in [1.807, 2.05) is 12.1 Å². The van der Waals surface area contributed by atoms with Gasteiger partial charge in [0.15, 0.2) is 0 Å². The fourth-order valence-electron chi connectivity index (χ4n) is 2.54. The van der Waals surface area contributed by atoms with Crippen molar-refractivity contribution in [2.45, 2.75) is 46.2 Å². The summed E-state index contributed by atoms with van der Waals surface area (Å²) in [6, 6.07) is 6.76. The van der Waals surface area contributed by atoms with Crippen LogP contribution < -0.4 is 5.32 Å². The Morgan fingerprint density at radius 1 is 1.32 bits per heavy atom. The molecule has 0 aliphatic rings. The first kappa shape index (κ1) is 14.4. The molecule has 4 heteroatoms. The highest BCUT2D eigenvalue weighted by atomic mass is 35.5. The lowest BCUT2D eigenvalue weighted by Crippen LogP contribution is -2.29. The van der Waals surface area contributed by atoms with Gasteiger partial charge in [0.2, 0.25) is 0 Å². The molecular weight excluding hydrogens is 258 g/mol. The molecule has 0 radical (unpaired) electrons. The Labute approximate surface area is 120 Å². The highest BCUT2D eigenvalue weighted by molar-refractivity contribution is 6.31. The second-order valence-electron chi connectivity index (χ2n) is 5.29. The van der Waals surface area contributed by atoms with E-state index in [9.17, 15) is 0 Å². The predicted octanol–water partition coefficient (Wildman–Crippen LogP) is 3.81. The lowest BCUT2D eigenvalue weighted by molar-refractivity contribution is 0.515. The molecular formula is C15H22ClN3. The number of rotatable bonds is 5. The molecule has 19 heavy (non-hydrogen) atoms. The quantitative estimate of drug-likeness (QED) is 0.902. The smallest absolute Gasteiger partial charge is 0.111 e. The molecule has 1 aromatic heterocycles. The van der Waals surface area contributed by atoms with E-state index in [2.05, 4.69) is 43.6 Å². The van der Waals surface area contributed by atoms with Gasteiger partial charge in [-0.15, -0.1) is 0 Å². The maximum Gasteiger partial charge on any atom is 0.111 e. The van der Waals surface area contributed by atoms with Crippen LogP contribution in [0.4, 0.5) is 0 Å². The van der Waals surface area contributed by atoms with E-state index in [0.717, 1.165) is 34.8 Å². The number of nitrogens with one attached hydrogen (secondary N) is 1. The molecule has 0 amide bonds. The average molecular weight is 280 g/mol. The Bertz CT molecular complexity index is 560. The molecule has 0 spiro atoms. The van der Waals surface area contributed by atoms with Crippen molar-refractivity contribution >= 4 is 22.6 Å². The molecule has 1 unspecified atom stereocenters. The second kappa shape index (κ2) is 5.93. The van der Waals surface area contributed by atoms with E-state index >= 15 is 0 Å². The molecule has 0 saturated carbocycles. The maximum absolute atomic E-state index is 6.05. The third-order valence-electron chi connectivity index (χ3n) is 3.28. The van der Waals surface area contributed by atoms with Crippen LogP contribution in [0.5, 0.6) is 0 Å². The number of nitrogens with zero attached hydrogens (tertiary/aromatic N) is 2. The SMILES string of the molecule is CCNC(C)Cc1nc2cc(Cl)ccc2n1C(C)C. The van der Waals surface area contributed by atoms with Crippen molar-refractivity contribution in [2.75, 3.05) is 6.54 Å². The third-order valence-corrected chi connectivity index (χ3v) is 3.52. The zero-order valence-electron chi connectivity index (χ0n) is 12.1. The molecule has 104 valence electrons. The lowest BCUT2D eigenvalue weighted by Gasteiger charge is -2.16. The number of imidazole rings is 1. The second-order valence-corrected chi connectivity index (χ2v) is 5.72. The molecule has 1 atom stereocenters. The molecule has 0 aliphatic heterocycles. The van der Waals surface area contributed by atoms with Gasteiger partial charge < -0.3 is 9.88 Å². The Hall–Kier alpha value is -1.06. The fourth-order valence-corrected chi connectivity index (χ4v) is 2.70. The molecule has 0 aliphatic carbocycles. The summed E-state index contributed by atoms with van der Waals surface area (Å²) in [5.74, 6) is 1.13. The van der Waals surface area contributed by atoms with Crippen molar-refractivity contribution in [3.8, 4) is 0 Å². The topological polar surface area (TPSA) is 29.9 Å². The van der Waals surface area contributed by atoms with Gasteiger partial charge in [-0.3, -0.25) is 0 Å². The zero-order valence-corrected chi connectivity index (χ0v) is 12.8. The molecule has 0 fully saturated rings. The van der Waals surface area contributed by atoms with Crippen molar-refractivity contribution in [3.63, 3.8) is 0 Å². The molecule has 1 N–H and O–H groups in total. The summed E-state index contributed by atoms with van der Waals surface area (Å²) in [6.07, 6.45) is 0.929. The van der Waals surface area contributed by atoms with E-state index in [1.165, 1.54) is 0 Å². The minimum absolute atomic E-state index is 0.398. The number of likely N-dealkylation sites (N-methyl/N-ethyl adjacent to an activating group) is 1. The Morgan fingerprint density at radius 2 is 2.05 bits per heavy atom. The van der Waals surface area contributed by atoms with Gasteiger partial charge in [-0.25, -0.2) is 4.98 Å². The van der Waals surface area contributed by atoms with Gasteiger partial charge in [0.25, 0.3) is 0 Å². The Morgan fingerprint density at radius 3 is 2.68 bits per heavy atom. The number of hydrogen-bond acceptors (Lipinski definition) is 2. The van der Waals surface area contributed by atoms with Crippen molar-refractivity contribution < 1.29 is 0 Å². The maximum atomic E-state index is 6.05. The number of aromatic nitrogens is 2. The monoisotopic (exact) mass is 279 g/mol. The van der Waals surface area contributed by atoms with E-state index in [1.54, 1.807) is 0 Å². The molecule has 2 aromatic rings. The van der Waals surface area contributed by atoms with Crippen molar-refractivity contribution in [2.24, 2.45) is 0 Å². The Balaban J connectivity index is 2.44. The largest absolute Gasteiger partial charge is 0.325 e. The van der Waals surface area contributed by atoms with E-state index in [0.29, 0.717) is 12.1 Å². The molecule has 1 heterocycles. The van der Waals surface area contributed by atoms with Gasteiger partial charge in [0.05, 0.1) is 11.0 Å². The first-order valence-electron chi connectivity index (χ1n) is 6.92. The summed E-state index contributed by atoms with van der Waals surface area (Å²) >= 11 is 6.05. The van der Waals surface area contributed by atoms with E-state index in [4.69, 9.17) is 16.6 Å². The van der Waals surface area contributed by atoms with Gasteiger partial charge in [-0.1, -0.05) is 18.5 Å². The van der Waals surface area contributed by atoms with Gasteiger partial charge in [-0.2, -0.15) is 0 Å². The van der Waals surface area contributed by atoms with Gasteiger partial charge in [0.1, 0.15) is 5.82 Å². The van der Waals surface area contributed by atoms with E-state index in [-0.39, 0.29) is 0 Å². The van der Waals surface area contributed by atoms with Gasteiger partial charge >= 0.3 is 0 Å². The van der Waals surface area contributed by atoms with Crippen LogP contribution in [-0.4, -0.2) is 22.1 Å². The number of fused-ring (bicyclic) bond motifs is 1. The van der Waals surface area contributed by atoms with Crippen molar-refractivity contribution in [1.82, 2.24) is 14.9 Å². The lowest BCUT2D eigenvalue weighted by atomic mass is 10.2.